The second-order valence-electron chi connectivity index (χ2n) is 11.1. The molecule has 4 aromatic rings. The lowest BCUT2D eigenvalue weighted by Crippen LogP contribution is -2.25. The summed E-state index contributed by atoms with van der Waals surface area (Å²) in [5, 5.41) is -2.02. The lowest BCUT2D eigenvalue weighted by Gasteiger charge is -2.26. The number of hydrogen-bond donors (Lipinski definition) is 0. The summed E-state index contributed by atoms with van der Waals surface area (Å²) in [4.78, 5) is 0. The Kier molecular flexibility index (Phi) is 9.17. The van der Waals surface area contributed by atoms with Crippen LogP contribution < -0.4 is 18.5 Å². The van der Waals surface area contributed by atoms with Gasteiger partial charge in [-0.3, -0.25) is 9.05 Å². The molecule has 2 unspecified atom stereocenters. The molecule has 0 radical (unpaired) electrons. The van der Waals surface area contributed by atoms with Gasteiger partial charge >= 0.3 is 26.7 Å². The fourth-order valence-corrected chi connectivity index (χ4v) is 5.50. The van der Waals surface area contributed by atoms with Crippen molar-refractivity contribution < 1.29 is 27.7 Å². The first kappa shape index (κ1) is 30.2. The summed E-state index contributed by atoms with van der Waals surface area (Å²) < 4.78 is 49.3. The minimum absolute atomic E-state index is 0.340. The largest absolute Gasteiger partial charge is 0.604 e. The van der Waals surface area contributed by atoms with E-state index >= 15 is 0 Å². The molecule has 0 saturated carbocycles. The summed E-state index contributed by atoms with van der Waals surface area (Å²) in [6.45, 7) is 11.2. The van der Waals surface area contributed by atoms with E-state index in [4.69, 9.17) is 18.5 Å². The van der Waals surface area contributed by atoms with Gasteiger partial charge in [0.05, 0.1) is 0 Å². The van der Waals surface area contributed by atoms with Gasteiger partial charge in [0, 0.05) is 33.1 Å². The smallest absolute Gasteiger partial charge is 0.442 e. The molecule has 4 aromatic carbocycles. The van der Waals surface area contributed by atoms with Crippen LogP contribution in [0, 0.1) is 0 Å². The predicted molar refractivity (Wildman–Crippen MR) is 164 cm³/mol. The van der Waals surface area contributed by atoms with E-state index in [0.717, 1.165) is 11.1 Å². The Hall–Kier alpha value is -3.72. The number of para-hydroxylation sites is 2. The van der Waals surface area contributed by atoms with Crippen molar-refractivity contribution in [3.63, 3.8) is 0 Å². The summed E-state index contributed by atoms with van der Waals surface area (Å²) in [6.07, 6.45) is 0. The van der Waals surface area contributed by atoms with E-state index in [1.165, 1.54) is 0 Å². The van der Waals surface area contributed by atoms with Gasteiger partial charge in [0.15, 0.2) is 11.5 Å². The van der Waals surface area contributed by atoms with Crippen molar-refractivity contribution in [2.75, 3.05) is 0 Å². The highest BCUT2D eigenvalue weighted by Gasteiger charge is 2.47. The third kappa shape index (κ3) is 7.73. The average Bonchev–Trinajstić information content (AvgIpc) is 2.94. The molecule has 0 aromatic heterocycles. The molecule has 4 rings (SSSR count). The molecule has 41 heavy (non-hydrogen) atoms. The molecule has 0 spiro atoms. The van der Waals surface area contributed by atoms with Crippen LogP contribution in [0.5, 0.6) is 23.0 Å². The molecular formula is C33H36O6P2+2. The number of benzene rings is 4. The molecule has 0 aliphatic heterocycles. The van der Waals surface area contributed by atoms with Crippen LogP contribution in [0.4, 0.5) is 0 Å². The van der Waals surface area contributed by atoms with E-state index in [2.05, 4.69) is 13.8 Å². The SMILES string of the molecule is CC(C)(c1ccc(O[P+](=O)C(C)(C)Oc2ccccc2)cc1)c1ccc(O[P+](=O)C(C)(C)Oc2ccccc2)cc1. The monoisotopic (exact) mass is 590 g/mol. The predicted octanol–water partition coefficient (Wildman–Crippen LogP) is 9.89. The summed E-state index contributed by atoms with van der Waals surface area (Å²) in [5.41, 5.74) is 1.77. The third-order valence-electron chi connectivity index (χ3n) is 6.63. The summed E-state index contributed by atoms with van der Waals surface area (Å²) in [6, 6.07) is 33.7. The summed E-state index contributed by atoms with van der Waals surface area (Å²) in [5.74, 6) is 2.27. The lowest BCUT2D eigenvalue weighted by atomic mass is 9.78. The van der Waals surface area contributed by atoms with Crippen LogP contribution >= 0.6 is 16.1 Å². The zero-order chi connectivity index (χ0) is 29.7. The van der Waals surface area contributed by atoms with Crippen LogP contribution in [0.2, 0.25) is 0 Å². The molecule has 0 aliphatic carbocycles. The van der Waals surface area contributed by atoms with Crippen LogP contribution in [0.3, 0.4) is 0 Å². The van der Waals surface area contributed by atoms with Gasteiger partial charge in [0.2, 0.25) is 0 Å². The highest BCUT2D eigenvalue weighted by Crippen LogP contribution is 2.44. The fourth-order valence-electron chi connectivity index (χ4n) is 4.07. The molecule has 0 fully saturated rings. The first-order valence-corrected chi connectivity index (χ1v) is 15.7. The number of ether oxygens (including phenoxy) is 2. The van der Waals surface area contributed by atoms with E-state index in [0.29, 0.717) is 23.0 Å². The lowest BCUT2D eigenvalue weighted by molar-refractivity contribution is 0.184. The van der Waals surface area contributed by atoms with Crippen molar-refractivity contribution >= 4 is 16.1 Å². The summed E-state index contributed by atoms with van der Waals surface area (Å²) >= 11 is 0. The second kappa shape index (κ2) is 12.4. The molecular weight excluding hydrogens is 554 g/mol. The van der Waals surface area contributed by atoms with E-state index in [-0.39, 0.29) is 5.41 Å². The quantitative estimate of drug-likeness (QED) is 0.153. The van der Waals surface area contributed by atoms with Gasteiger partial charge < -0.3 is 9.47 Å². The molecule has 0 N–H and O–H groups in total. The Morgan fingerprint density at radius 3 is 1.07 bits per heavy atom. The fraction of sp³-hybridized carbons (Fsp3) is 0.273. The Morgan fingerprint density at radius 2 is 0.756 bits per heavy atom. The minimum Gasteiger partial charge on any atom is -0.442 e. The Balaban J connectivity index is 1.38. The molecule has 0 amide bonds. The van der Waals surface area contributed by atoms with Crippen molar-refractivity contribution in [3.8, 4) is 23.0 Å². The molecule has 8 heteroatoms. The number of hydrogen-bond acceptors (Lipinski definition) is 6. The van der Waals surface area contributed by atoms with Gasteiger partial charge in [-0.2, -0.15) is 0 Å². The van der Waals surface area contributed by atoms with E-state index < -0.39 is 26.7 Å². The van der Waals surface area contributed by atoms with Crippen LogP contribution in [-0.2, 0) is 14.5 Å². The van der Waals surface area contributed by atoms with Gasteiger partial charge in [-0.1, -0.05) is 74.5 Å². The first-order chi connectivity index (χ1) is 19.4. The van der Waals surface area contributed by atoms with Gasteiger partial charge in [0.25, 0.3) is 0 Å². The van der Waals surface area contributed by atoms with Gasteiger partial charge in [-0.25, -0.2) is 0 Å². The molecule has 0 aliphatic rings. The molecule has 2 atom stereocenters. The van der Waals surface area contributed by atoms with Crippen molar-refractivity contribution in [3.05, 3.63) is 120 Å². The van der Waals surface area contributed by atoms with Crippen molar-refractivity contribution in [1.82, 2.24) is 0 Å². The minimum atomic E-state index is -2.16. The molecule has 0 heterocycles. The first-order valence-electron chi connectivity index (χ1n) is 13.4. The normalized spacial score (nSPS) is 12.7. The molecule has 212 valence electrons. The maximum Gasteiger partial charge on any atom is 0.604 e. The number of rotatable bonds is 12. The zero-order valence-corrected chi connectivity index (χ0v) is 26.0. The van der Waals surface area contributed by atoms with Crippen molar-refractivity contribution in [2.24, 2.45) is 0 Å². The Labute approximate surface area is 244 Å². The Bertz CT molecular complexity index is 1350. The topological polar surface area (TPSA) is 71.1 Å². The third-order valence-corrected chi connectivity index (χ3v) is 9.32. The maximum absolute atomic E-state index is 13.0. The van der Waals surface area contributed by atoms with Crippen LogP contribution in [0.25, 0.3) is 0 Å². The highest BCUT2D eigenvalue weighted by atomic mass is 31.1. The standard InChI is InChI=1S/C33H36O6P2/c1-31(2,25-17-21-29(22-18-25)38-40(34)32(3,4)36-27-13-9-7-10-14-27)26-19-23-30(24-20-26)39-41(35)33(5,6)37-28-15-11-8-12-16-28/h7-24H,1-6H3/q+2. The van der Waals surface area contributed by atoms with E-state index in [1.807, 2.05) is 109 Å². The van der Waals surface area contributed by atoms with Crippen molar-refractivity contribution in [2.45, 2.75) is 57.6 Å². The average molecular weight is 591 g/mol. The second-order valence-corrected chi connectivity index (χ2v) is 14.6. The van der Waals surface area contributed by atoms with E-state index in [9.17, 15) is 9.13 Å². The van der Waals surface area contributed by atoms with Gasteiger partial charge in [-0.15, -0.1) is 0 Å². The van der Waals surface area contributed by atoms with Crippen LogP contribution in [0.15, 0.2) is 109 Å². The van der Waals surface area contributed by atoms with Gasteiger partial charge in [-0.05, 0) is 68.8 Å². The molecule has 6 nitrogen and oxygen atoms in total. The Morgan fingerprint density at radius 1 is 0.439 bits per heavy atom. The zero-order valence-electron chi connectivity index (χ0n) is 24.2. The molecule has 0 saturated heterocycles. The van der Waals surface area contributed by atoms with Crippen LogP contribution in [0.1, 0.15) is 52.7 Å². The highest BCUT2D eigenvalue weighted by molar-refractivity contribution is 7.41. The summed E-state index contributed by atoms with van der Waals surface area (Å²) in [7, 11) is -4.32. The van der Waals surface area contributed by atoms with Crippen LogP contribution in [-0.4, -0.2) is 10.7 Å². The maximum atomic E-state index is 13.0. The van der Waals surface area contributed by atoms with Gasteiger partial charge in [0.1, 0.15) is 11.5 Å². The molecule has 0 bridgehead atoms. The van der Waals surface area contributed by atoms with Crippen molar-refractivity contribution in [1.29, 1.82) is 0 Å². The van der Waals surface area contributed by atoms with E-state index in [1.54, 1.807) is 27.7 Å².